The molecule has 16 aliphatic carbocycles. The SMILES string of the molecule is CC(C)(C)C1CC2CCC3CC(C(C)(C)C)CC4C(C5CCC6B7C8CCC(C9CCCCC9)CC8N(C8C(C9CCCCC9)CC(C(C)(C)C)CC8C8CCCCC8)C8CC(N9C%10CCCCC%10C%10CCCCC%109)CC(C78)N(C7C(C8CCCCC8)CC(C(C)(C)C)CC7C7CCCCC7)C6C5)CC(C1)C2C34. The molecule has 0 N–H and O–H groups in total. The van der Waals surface area contributed by atoms with Gasteiger partial charge in [-0.05, 0) is 303 Å². The Morgan fingerprint density at radius 3 is 0.963 bits per heavy atom. The Labute approximate surface area is 669 Å². The fourth-order valence-electron chi connectivity index (χ4n) is 37.7. The Bertz CT molecular complexity index is 2870. The van der Waals surface area contributed by atoms with Crippen molar-refractivity contribution in [1.29, 1.82) is 0 Å². The molecule has 610 valence electrons. The van der Waals surface area contributed by atoms with Gasteiger partial charge < -0.3 is 0 Å². The Morgan fingerprint density at radius 2 is 0.537 bits per heavy atom. The van der Waals surface area contributed by atoms with E-state index in [1.165, 1.54) is 96.3 Å². The van der Waals surface area contributed by atoms with Gasteiger partial charge in [0.05, 0.1) is 0 Å². The van der Waals surface area contributed by atoms with Gasteiger partial charge in [-0.1, -0.05) is 295 Å². The van der Waals surface area contributed by atoms with Crippen LogP contribution in [0.1, 0.15) is 417 Å². The zero-order valence-corrected chi connectivity index (χ0v) is 73.5. The number of hydrogen-bond acceptors (Lipinski definition) is 3. The third kappa shape index (κ3) is 14.4. The fraction of sp³-hybridized carbons (Fsp3) is 1.00. The van der Waals surface area contributed by atoms with E-state index in [-0.39, 0.29) is 0 Å². The van der Waals surface area contributed by atoms with Crippen molar-refractivity contribution in [3.05, 3.63) is 0 Å². The molecule has 16 saturated carbocycles. The average Bonchev–Trinajstić information content (AvgIpc) is 0.803. The van der Waals surface area contributed by atoms with Crippen LogP contribution in [0.3, 0.4) is 0 Å². The Hall–Kier alpha value is -0.0551. The molecule has 108 heavy (non-hydrogen) atoms. The number of likely N-dealkylation sites (tertiary alicyclic amines) is 1. The molecule has 0 aromatic heterocycles. The van der Waals surface area contributed by atoms with Gasteiger partial charge in [0, 0.05) is 54.4 Å². The summed E-state index contributed by atoms with van der Waals surface area (Å²) in [5.74, 6) is 25.8. The molecule has 3 heterocycles. The van der Waals surface area contributed by atoms with E-state index in [1.54, 1.807) is 238 Å². The molecule has 0 radical (unpaired) electrons. The molecule has 3 aliphatic heterocycles. The topological polar surface area (TPSA) is 9.72 Å². The molecular weight excluding hydrogens is 1300 g/mol. The summed E-state index contributed by atoms with van der Waals surface area (Å²) in [4.78, 5) is 11.8. The quantitative estimate of drug-likeness (QED) is 0.213. The lowest BCUT2D eigenvalue weighted by atomic mass is 9.18. The number of nitrogens with zero attached hydrogens (tertiary/aromatic N) is 3. The minimum absolute atomic E-state index is 0.385. The highest BCUT2D eigenvalue weighted by molar-refractivity contribution is 6.65. The van der Waals surface area contributed by atoms with Crippen LogP contribution in [0.25, 0.3) is 0 Å². The molecule has 19 aliphatic rings. The first-order chi connectivity index (χ1) is 52.1. The first-order valence-corrected chi connectivity index (χ1v) is 51.4. The standard InChI is InChI=1S/C104H176BN3/c1-101(2,3)75-52-72-46-47-73-53-76(102(4,5)6)62-87-82(55-74(54-75)96(72)97(73)87)71-49-51-89-93(57-71)108(100-85(68-38-24-16-25-39-68)60-78(104(10,11)12)61-86(100)69-40-26-17-27-41-69)95-64-79(106-90-44-30-28-42-80(90)81-43-29-31-45-91(81)106)63-94-98(95)105(89)88-50-48-70(65-32-18-13-19-33-65)56-92(88)107(94)99-83(66-34-20-14-21-35-66)58-77(103(7,8)9)59-84(99)67-36-22-15-23-37-67/h65-100H,13-64H2,1-12H3. The van der Waals surface area contributed by atoms with Crippen LogP contribution in [-0.2, 0) is 0 Å². The molecule has 0 aromatic carbocycles. The first kappa shape index (κ1) is 77.8. The normalized spacial score (nSPS) is 49.0. The summed E-state index contributed by atoms with van der Waals surface area (Å²) in [5, 5.41) is 0. The molecule has 19 fully saturated rings. The van der Waals surface area contributed by atoms with Gasteiger partial charge in [-0.15, -0.1) is 0 Å². The second-order valence-electron chi connectivity index (χ2n) is 50.7. The Balaban J connectivity index is 0.820. The Kier molecular flexibility index (Phi) is 22.5. The van der Waals surface area contributed by atoms with Gasteiger partial charge in [0.15, 0.2) is 6.71 Å². The van der Waals surface area contributed by atoms with Crippen molar-refractivity contribution in [2.24, 2.45) is 164 Å². The summed E-state index contributed by atoms with van der Waals surface area (Å²) < 4.78 is 0. The highest BCUT2D eigenvalue weighted by atomic mass is 15.3. The lowest BCUT2D eigenvalue weighted by Crippen LogP contribution is -2.78. The lowest BCUT2D eigenvalue weighted by molar-refractivity contribution is -0.161. The average molecular weight is 1480 g/mol. The van der Waals surface area contributed by atoms with Gasteiger partial charge in [0.25, 0.3) is 0 Å². The van der Waals surface area contributed by atoms with Crippen LogP contribution < -0.4 is 0 Å². The first-order valence-electron chi connectivity index (χ1n) is 51.4. The van der Waals surface area contributed by atoms with Crippen molar-refractivity contribution in [3.8, 4) is 0 Å². The number of hydrogen-bond donors (Lipinski definition) is 0. The molecule has 27 atom stereocenters. The largest absolute Gasteiger partial charge is 0.295 e. The van der Waals surface area contributed by atoms with Crippen LogP contribution in [0.5, 0.6) is 0 Å². The van der Waals surface area contributed by atoms with Crippen LogP contribution in [0, 0.1) is 164 Å². The molecule has 3 saturated heterocycles. The second kappa shape index (κ2) is 31.3. The van der Waals surface area contributed by atoms with Crippen LogP contribution in [0.4, 0.5) is 0 Å². The maximum absolute atomic E-state index is 4.08. The van der Waals surface area contributed by atoms with Gasteiger partial charge in [-0.25, -0.2) is 0 Å². The molecule has 0 spiro atoms. The predicted molar refractivity (Wildman–Crippen MR) is 458 cm³/mol. The van der Waals surface area contributed by atoms with E-state index in [0.29, 0.717) is 21.7 Å². The summed E-state index contributed by atoms with van der Waals surface area (Å²) in [6, 6.07) is 7.45. The predicted octanol–water partition coefficient (Wildman–Crippen LogP) is 28.3. The smallest absolute Gasteiger partial charge is 0.156 e. The molecular formula is C104H176BN3. The van der Waals surface area contributed by atoms with Gasteiger partial charge in [0.2, 0.25) is 0 Å². The summed E-state index contributed by atoms with van der Waals surface area (Å²) in [6.45, 7) is 34.0. The van der Waals surface area contributed by atoms with Gasteiger partial charge in [0.1, 0.15) is 0 Å². The highest BCUT2D eigenvalue weighted by Crippen LogP contribution is 2.72. The minimum Gasteiger partial charge on any atom is -0.295 e. The van der Waals surface area contributed by atoms with E-state index in [9.17, 15) is 0 Å². The van der Waals surface area contributed by atoms with Crippen molar-refractivity contribution in [3.63, 3.8) is 0 Å². The van der Waals surface area contributed by atoms with E-state index in [2.05, 4.69) is 97.8 Å². The van der Waals surface area contributed by atoms with Crippen LogP contribution in [0.2, 0.25) is 17.5 Å². The van der Waals surface area contributed by atoms with E-state index < -0.39 is 0 Å². The monoisotopic (exact) mass is 1480 g/mol. The van der Waals surface area contributed by atoms with E-state index in [4.69, 9.17) is 0 Å². The maximum Gasteiger partial charge on any atom is 0.156 e. The molecule has 27 unspecified atom stereocenters. The highest BCUT2D eigenvalue weighted by Gasteiger charge is 2.71. The summed E-state index contributed by atoms with van der Waals surface area (Å²) in [7, 11) is 0. The van der Waals surface area contributed by atoms with Crippen molar-refractivity contribution in [1.82, 2.24) is 14.7 Å². The maximum atomic E-state index is 4.08. The van der Waals surface area contributed by atoms with Crippen LogP contribution in [0.15, 0.2) is 0 Å². The summed E-state index contributed by atoms with van der Waals surface area (Å²) in [5.41, 5.74) is 1.64. The van der Waals surface area contributed by atoms with Crippen LogP contribution in [-0.4, -0.2) is 75.8 Å². The number of rotatable bonds is 9. The summed E-state index contributed by atoms with van der Waals surface area (Å²) in [6.07, 6.45) is 81.6. The van der Waals surface area contributed by atoms with Crippen LogP contribution >= 0.6 is 0 Å². The molecule has 0 amide bonds. The number of fused-ring (bicyclic) bond motifs is 7. The zero-order chi connectivity index (χ0) is 73.9. The van der Waals surface area contributed by atoms with Gasteiger partial charge in [-0.2, -0.15) is 0 Å². The van der Waals surface area contributed by atoms with Crippen molar-refractivity contribution < 1.29 is 0 Å². The van der Waals surface area contributed by atoms with E-state index in [0.717, 1.165) is 221 Å². The third-order valence-electron chi connectivity index (χ3n) is 42.4. The Morgan fingerprint density at radius 1 is 0.204 bits per heavy atom. The molecule has 4 heteroatoms. The van der Waals surface area contributed by atoms with Crippen molar-refractivity contribution in [2.45, 2.75) is 489 Å². The molecule has 0 aromatic rings. The van der Waals surface area contributed by atoms with Crippen molar-refractivity contribution in [2.75, 3.05) is 0 Å². The third-order valence-corrected chi connectivity index (χ3v) is 42.4. The van der Waals surface area contributed by atoms with E-state index >= 15 is 0 Å². The van der Waals surface area contributed by atoms with Crippen molar-refractivity contribution >= 4 is 6.71 Å². The second-order valence-corrected chi connectivity index (χ2v) is 50.7. The van der Waals surface area contributed by atoms with E-state index in [1.807, 2.05) is 0 Å². The molecule has 3 nitrogen and oxygen atoms in total. The summed E-state index contributed by atoms with van der Waals surface area (Å²) >= 11 is 0. The van der Waals surface area contributed by atoms with Gasteiger partial charge in [-0.3, -0.25) is 14.7 Å². The zero-order valence-electron chi connectivity index (χ0n) is 73.5. The lowest BCUT2D eigenvalue weighted by Gasteiger charge is -2.73. The van der Waals surface area contributed by atoms with Gasteiger partial charge >= 0.3 is 0 Å². The molecule has 0 bridgehead atoms. The molecule has 19 rings (SSSR count). The fourth-order valence-corrected chi connectivity index (χ4v) is 37.7. The minimum atomic E-state index is 0.385.